The maximum absolute atomic E-state index is 12.2. The minimum absolute atomic E-state index is 0.0689. The predicted molar refractivity (Wildman–Crippen MR) is 77.5 cm³/mol. The summed E-state index contributed by atoms with van der Waals surface area (Å²) in [7, 11) is 7.60. The van der Waals surface area contributed by atoms with Gasteiger partial charge < -0.3 is 19.6 Å². The molecule has 0 spiro atoms. The lowest BCUT2D eigenvalue weighted by Crippen LogP contribution is -2.55. The number of piperidine rings is 1. The van der Waals surface area contributed by atoms with Crippen molar-refractivity contribution >= 4 is 11.9 Å². The van der Waals surface area contributed by atoms with Crippen molar-refractivity contribution in [3.63, 3.8) is 0 Å². The van der Waals surface area contributed by atoms with Gasteiger partial charge in [0.2, 0.25) is 5.91 Å². The third-order valence-electron chi connectivity index (χ3n) is 4.30. The van der Waals surface area contributed by atoms with Gasteiger partial charge in [0.15, 0.2) is 0 Å². The minimum Gasteiger partial charge on any atom is -0.336 e. The highest BCUT2D eigenvalue weighted by Crippen LogP contribution is 2.31. The number of fused-ring (bicyclic) bond motifs is 1. The van der Waals surface area contributed by atoms with E-state index in [1.54, 1.807) is 19.0 Å². The number of likely N-dealkylation sites (tertiary alicyclic amines) is 2. The first-order valence-electron chi connectivity index (χ1n) is 7.34. The fraction of sp³-hybridized carbons (Fsp3) is 0.857. The zero-order chi connectivity index (χ0) is 14.9. The number of hydrogen-bond acceptors (Lipinski definition) is 3. The topological polar surface area (TPSA) is 47.1 Å². The zero-order valence-electron chi connectivity index (χ0n) is 13.0. The van der Waals surface area contributed by atoms with Crippen LogP contribution < -0.4 is 0 Å². The number of rotatable bonds is 3. The molecule has 0 aliphatic carbocycles. The van der Waals surface area contributed by atoms with Gasteiger partial charge in [0.05, 0.1) is 12.1 Å². The van der Waals surface area contributed by atoms with E-state index >= 15 is 0 Å². The Bertz CT molecular complexity index is 383. The summed E-state index contributed by atoms with van der Waals surface area (Å²) in [5.41, 5.74) is 0. The summed E-state index contributed by atoms with van der Waals surface area (Å²) >= 11 is 0. The molecule has 0 aromatic rings. The molecule has 3 amide bonds. The highest BCUT2D eigenvalue weighted by atomic mass is 16.2. The molecule has 2 aliphatic heterocycles. The monoisotopic (exact) mass is 282 g/mol. The van der Waals surface area contributed by atoms with Crippen LogP contribution in [0.3, 0.4) is 0 Å². The quantitative estimate of drug-likeness (QED) is 0.748. The van der Waals surface area contributed by atoms with E-state index < -0.39 is 0 Å². The number of urea groups is 1. The van der Waals surface area contributed by atoms with Gasteiger partial charge in [0.1, 0.15) is 0 Å². The molecule has 0 unspecified atom stereocenters. The molecule has 0 saturated carbocycles. The Morgan fingerprint density at radius 3 is 2.50 bits per heavy atom. The average Bonchev–Trinajstić information content (AvgIpc) is 2.80. The molecule has 0 aromatic heterocycles. The van der Waals surface area contributed by atoms with Gasteiger partial charge in [-0.3, -0.25) is 4.79 Å². The van der Waals surface area contributed by atoms with Gasteiger partial charge in [0.25, 0.3) is 0 Å². The van der Waals surface area contributed by atoms with Crippen LogP contribution in [0.1, 0.15) is 19.3 Å². The van der Waals surface area contributed by atoms with E-state index in [9.17, 15) is 9.59 Å². The fourth-order valence-electron chi connectivity index (χ4n) is 3.24. The van der Waals surface area contributed by atoms with Gasteiger partial charge in [0, 0.05) is 40.2 Å². The van der Waals surface area contributed by atoms with Gasteiger partial charge in [-0.1, -0.05) is 0 Å². The van der Waals surface area contributed by atoms with Crippen LogP contribution in [-0.2, 0) is 4.79 Å². The Kier molecular flexibility index (Phi) is 4.52. The molecule has 2 fully saturated rings. The molecule has 6 heteroatoms. The van der Waals surface area contributed by atoms with Crippen molar-refractivity contribution in [1.82, 2.24) is 19.6 Å². The Hall–Kier alpha value is -1.30. The smallest absolute Gasteiger partial charge is 0.319 e. The highest BCUT2D eigenvalue weighted by molar-refractivity contribution is 5.79. The molecule has 6 nitrogen and oxygen atoms in total. The Morgan fingerprint density at radius 1 is 1.20 bits per heavy atom. The standard InChI is InChI=1S/C14H26N4O2/c1-15(2)9-10-17-12-7-8-18(14(20)16(3)4)11(12)5-6-13(17)19/h11-12H,5-10H2,1-4H3/t11-,12+/m0/s1. The summed E-state index contributed by atoms with van der Waals surface area (Å²) in [6.45, 7) is 2.39. The number of carbonyl (C=O) groups is 2. The first-order valence-corrected chi connectivity index (χ1v) is 7.34. The normalized spacial score (nSPS) is 26.1. The number of carbonyl (C=O) groups excluding carboxylic acids is 2. The fourth-order valence-corrected chi connectivity index (χ4v) is 3.24. The molecule has 2 atom stereocenters. The third kappa shape index (κ3) is 2.90. The molecule has 2 aliphatic rings. The average molecular weight is 282 g/mol. The second-order valence-electron chi connectivity index (χ2n) is 6.22. The molecule has 114 valence electrons. The van der Waals surface area contributed by atoms with E-state index in [0.29, 0.717) is 6.42 Å². The van der Waals surface area contributed by atoms with E-state index in [1.807, 2.05) is 23.9 Å². The molecule has 20 heavy (non-hydrogen) atoms. The van der Waals surface area contributed by atoms with Crippen LogP contribution in [0, 0.1) is 0 Å². The van der Waals surface area contributed by atoms with Crippen molar-refractivity contribution in [2.24, 2.45) is 0 Å². The number of hydrogen-bond donors (Lipinski definition) is 0. The van der Waals surface area contributed by atoms with E-state index in [4.69, 9.17) is 0 Å². The van der Waals surface area contributed by atoms with Gasteiger partial charge in [-0.25, -0.2) is 4.79 Å². The molecule has 0 N–H and O–H groups in total. The van der Waals surface area contributed by atoms with Gasteiger partial charge >= 0.3 is 6.03 Å². The third-order valence-corrected chi connectivity index (χ3v) is 4.30. The molecule has 2 heterocycles. The number of amides is 3. The van der Waals surface area contributed by atoms with Gasteiger partial charge in [-0.2, -0.15) is 0 Å². The highest BCUT2D eigenvalue weighted by Gasteiger charge is 2.44. The molecular formula is C14H26N4O2. The summed E-state index contributed by atoms with van der Waals surface area (Å²) in [4.78, 5) is 32.0. The van der Waals surface area contributed by atoms with E-state index in [-0.39, 0.29) is 24.0 Å². The zero-order valence-corrected chi connectivity index (χ0v) is 13.0. The lowest BCUT2D eigenvalue weighted by Gasteiger charge is -2.40. The van der Waals surface area contributed by atoms with Crippen molar-refractivity contribution in [3.8, 4) is 0 Å². The van der Waals surface area contributed by atoms with Crippen molar-refractivity contribution in [1.29, 1.82) is 0 Å². The summed E-state index contributed by atoms with van der Waals surface area (Å²) in [5, 5.41) is 0. The van der Waals surface area contributed by atoms with Crippen LogP contribution in [0.5, 0.6) is 0 Å². The molecule has 2 rings (SSSR count). The number of nitrogens with zero attached hydrogens (tertiary/aromatic N) is 4. The van der Waals surface area contributed by atoms with E-state index in [0.717, 1.165) is 32.5 Å². The van der Waals surface area contributed by atoms with Crippen molar-refractivity contribution < 1.29 is 9.59 Å². The summed E-state index contributed by atoms with van der Waals surface area (Å²) < 4.78 is 0. The number of likely N-dealkylation sites (N-methyl/N-ethyl adjacent to an activating group) is 1. The molecular weight excluding hydrogens is 256 g/mol. The van der Waals surface area contributed by atoms with Crippen molar-refractivity contribution in [3.05, 3.63) is 0 Å². The minimum atomic E-state index is 0.0689. The second kappa shape index (κ2) is 5.99. The molecule has 0 radical (unpaired) electrons. The predicted octanol–water partition coefficient (Wildman–Crippen LogP) is 0.295. The van der Waals surface area contributed by atoms with Crippen molar-refractivity contribution in [2.75, 3.05) is 47.8 Å². The van der Waals surface area contributed by atoms with Gasteiger partial charge in [-0.05, 0) is 26.9 Å². The SMILES string of the molecule is CN(C)CCN1C(=O)CC[C@H]2[C@H]1CCN2C(=O)N(C)C. The maximum atomic E-state index is 12.2. The maximum Gasteiger partial charge on any atom is 0.319 e. The first kappa shape index (κ1) is 15.1. The summed E-state index contributed by atoms with van der Waals surface area (Å²) in [6, 6.07) is 0.476. The van der Waals surface area contributed by atoms with Crippen LogP contribution >= 0.6 is 0 Å². The Balaban J connectivity index is 2.06. The van der Waals surface area contributed by atoms with Gasteiger partial charge in [-0.15, -0.1) is 0 Å². The Labute approximate surface area is 121 Å². The largest absolute Gasteiger partial charge is 0.336 e. The first-order chi connectivity index (χ1) is 9.41. The van der Waals surface area contributed by atoms with E-state index in [1.165, 1.54) is 0 Å². The molecule has 0 bridgehead atoms. The molecule has 0 aromatic carbocycles. The van der Waals surface area contributed by atoms with E-state index in [2.05, 4.69) is 4.90 Å². The van der Waals surface area contributed by atoms with Crippen LogP contribution in [0.4, 0.5) is 4.79 Å². The second-order valence-corrected chi connectivity index (χ2v) is 6.22. The lowest BCUT2D eigenvalue weighted by molar-refractivity contribution is -0.137. The summed E-state index contributed by atoms with van der Waals surface area (Å²) in [5.74, 6) is 0.243. The lowest BCUT2D eigenvalue weighted by atomic mass is 9.96. The van der Waals surface area contributed by atoms with Crippen LogP contribution in [-0.4, -0.2) is 91.4 Å². The molecule has 2 saturated heterocycles. The van der Waals surface area contributed by atoms with Crippen LogP contribution in [0.15, 0.2) is 0 Å². The van der Waals surface area contributed by atoms with Crippen LogP contribution in [0.25, 0.3) is 0 Å². The Morgan fingerprint density at radius 2 is 1.90 bits per heavy atom. The van der Waals surface area contributed by atoms with Crippen LogP contribution in [0.2, 0.25) is 0 Å². The summed E-state index contributed by atoms with van der Waals surface area (Å²) in [6.07, 6.45) is 2.27. The van der Waals surface area contributed by atoms with Crippen molar-refractivity contribution in [2.45, 2.75) is 31.3 Å².